The number of sulfonamides is 1. The van der Waals surface area contributed by atoms with Crippen LogP contribution in [0.15, 0.2) is 66.7 Å². The Morgan fingerprint density at radius 2 is 1.81 bits per heavy atom. The molecule has 1 aliphatic heterocycles. The molecule has 0 aromatic heterocycles. The maximum atomic E-state index is 13.9. The fraction of sp³-hybridized carbons (Fsp3) is 0.130. The number of hydrogen-bond acceptors (Lipinski definition) is 5. The lowest BCUT2D eigenvalue weighted by atomic mass is 9.93. The van der Waals surface area contributed by atoms with Crippen molar-refractivity contribution < 1.29 is 27.1 Å². The molecule has 1 atom stereocenters. The Morgan fingerprint density at radius 3 is 2.53 bits per heavy atom. The summed E-state index contributed by atoms with van der Waals surface area (Å²) >= 11 is 0. The average Bonchev–Trinajstić information content (AvgIpc) is 2.75. The van der Waals surface area contributed by atoms with Crippen LogP contribution in [0.1, 0.15) is 37.9 Å². The third-order valence-electron chi connectivity index (χ3n) is 4.93. The Hall–Kier alpha value is -3.72. The molecule has 164 valence electrons. The Kier molecular flexibility index (Phi) is 5.67. The highest BCUT2D eigenvalue weighted by atomic mass is 32.2. The molecule has 1 aliphatic rings. The van der Waals surface area contributed by atoms with Crippen LogP contribution in [0.3, 0.4) is 0 Å². The average molecular weight is 454 g/mol. The number of benzene rings is 3. The Bertz CT molecular complexity index is 1310. The van der Waals surface area contributed by atoms with Crippen LogP contribution >= 0.6 is 0 Å². The van der Waals surface area contributed by atoms with E-state index in [0.717, 1.165) is 17.9 Å². The molecule has 1 heterocycles. The van der Waals surface area contributed by atoms with Gasteiger partial charge in [-0.3, -0.25) is 9.52 Å². The first-order valence-electron chi connectivity index (χ1n) is 9.67. The summed E-state index contributed by atoms with van der Waals surface area (Å²) < 4.78 is 44.3. The third kappa shape index (κ3) is 4.78. The Morgan fingerprint density at radius 1 is 1.06 bits per heavy atom. The Balaban J connectivity index is 1.56. The van der Waals surface area contributed by atoms with Crippen molar-refractivity contribution in [1.82, 2.24) is 0 Å². The minimum Gasteiger partial charge on any atom is -0.454 e. The van der Waals surface area contributed by atoms with E-state index in [0.29, 0.717) is 23.1 Å². The molecular formula is C23H19FN2O5S. The summed E-state index contributed by atoms with van der Waals surface area (Å²) in [6.45, 7) is 0. The summed E-state index contributed by atoms with van der Waals surface area (Å²) in [7, 11) is -3.69. The maximum Gasteiger partial charge on any atom is 0.339 e. The highest BCUT2D eigenvalue weighted by Crippen LogP contribution is 2.31. The minimum atomic E-state index is -3.69. The van der Waals surface area contributed by atoms with Crippen molar-refractivity contribution in [1.29, 1.82) is 0 Å². The minimum absolute atomic E-state index is 0.210. The molecule has 7 nitrogen and oxygen atoms in total. The lowest BCUT2D eigenvalue weighted by Crippen LogP contribution is -2.23. The van der Waals surface area contributed by atoms with Crippen LogP contribution < -0.4 is 10.0 Å². The van der Waals surface area contributed by atoms with Gasteiger partial charge in [-0.05, 0) is 47.5 Å². The molecule has 0 saturated heterocycles. The van der Waals surface area contributed by atoms with Gasteiger partial charge in [-0.2, -0.15) is 0 Å². The number of amides is 1. The number of cyclic esters (lactones) is 1. The third-order valence-corrected chi connectivity index (χ3v) is 5.52. The van der Waals surface area contributed by atoms with Crippen LogP contribution in [-0.2, 0) is 21.2 Å². The molecule has 3 aromatic carbocycles. The van der Waals surface area contributed by atoms with E-state index in [1.165, 1.54) is 24.3 Å². The van der Waals surface area contributed by atoms with E-state index in [1.807, 2.05) is 30.3 Å². The second kappa shape index (κ2) is 8.43. The van der Waals surface area contributed by atoms with E-state index in [1.54, 1.807) is 6.07 Å². The molecule has 0 spiro atoms. The van der Waals surface area contributed by atoms with Crippen molar-refractivity contribution in [2.24, 2.45) is 0 Å². The van der Waals surface area contributed by atoms with Gasteiger partial charge in [0, 0.05) is 17.7 Å². The predicted octanol–water partition coefficient (Wildman–Crippen LogP) is 3.90. The number of nitrogens with one attached hydrogen (secondary N) is 2. The van der Waals surface area contributed by atoms with Crippen molar-refractivity contribution >= 4 is 33.3 Å². The molecule has 0 fully saturated rings. The first kappa shape index (κ1) is 21.5. The van der Waals surface area contributed by atoms with Gasteiger partial charge in [0.05, 0.1) is 17.5 Å². The van der Waals surface area contributed by atoms with E-state index >= 15 is 0 Å². The smallest absolute Gasteiger partial charge is 0.339 e. The van der Waals surface area contributed by atoms with E-state index in [-0.39, 0.29) is 11.4 Å². The molecule has 0 saturated carbocycles. The van der Waals surface area contributed by atoms with Gasteiger partial charge >= 0.3 is 5.97 Å². The number of carbonyl (C=O) groups is 2. The van der Waals surface area contributed by atoms with Crippen LogP contribution in [0, 0.1) is 5.82 Å². The van der Waals surface area contributed by atoms with E-state index < -0.39 is 33.8 Å². The molecule has 2 N–H and O–H groups in total. The van der Waals surface area contributed by atoms with Gasteiger partial charge in [0.2, 0.25) is 10.0 Å². The van der Waals surface area contributed by atoms with Gasteiger partial charge in [0.25, 0.3) is 5.91 Å². The molecule has 4 rings (SSSR count). The summed E-state index contributed by atoms with van der Waals surface area (Å²) in [6.07, 6.45) is 0.875. The van der Waals surface area contributed by atoms with Crippen molar-refractivity contribution in [3.63, 3.8) is 0 Å². The maximum absolute atomic E-state index is 13.9. The van der Waals surface area contributed by atoms with Gasteiger partial charge < -0.3 is 10.1 Å². The molecular weight excluding hydrogens is 435 g/mol. The van der Waals surface area contributed by atoms with Crippen molar-refractivity contribution in [2.45, 2.75) is 12.5 Å². The normalized spacial score (nSPS) is 15.4. The highest BCUT2D eigenvalue weighted by molar-refractivity contribution is 7.92. The number of ether oxygens (including phenoxy) is 1. The molecule has 0 unspecified atom stereocenters. The topological polar surface area (TPSA) is 102 Å². The number of rotatable bonds is 5. The first-order chi connectivity index (χ1) is 15.2. The molecule has 1 amide bonds. The molecule has 0 bridgehead atoms. The number of fused-ring (bicyclic) bond motifs is 1. The summed E-state index contributed by atoms with van der Waals surface area (Å²) in [4.78, 5) is 25.2. The zero-order chi connectivity index (χ0) is 22.9. The zero-order valence-corrected chi connectivity index (χ0v) is 17.8. The summed E-state index contributed by atoms with van der Waals surface area (Å²) in [5, 5.41) is 2.62. The number of halogens is 1. The van der Waals surface area contributed by atoms with Gasteiger partial charge in [0.1, 0.15) is 11.9 Å². The number of carbonyl (C=O) groups excluding carboxylic acids is 2. The van der Waals surface area contributed by atoms with Crippen LogP contribution in [-0.4, -0.2) is 26.6 Å². The lowest BCUT2D eigenvalue weighted by Gasteiger charge is -2.25. The standard InChI is InChI=1S/C23H19FN2O5S/c1-32(29,30)26-20-13-17(8-10-19(20)24)25-22(27)15-7-9-18-16(11-15)12-21(31-23(18)28)14-5-3-2-4-6-14/h2-11,13,21,26H,12H2,1H3,(H,25,27)/t21-/m0/s1. The SMILES string of the molecule is CS(=O)(=O)Nc1cc(NC(=O)c2ccc3c(c2)C[C@@H](c2ccccc2)OC3=O)ccc1F. The Labute approximate surface area is 184 Å². The quantitative estimate of drug-likeness (QED) is 0.570. The summed E-state index contributed by atoms with van der Waals surface area (Å²) in [6, 6.07) is 17.6. The van der Waals surface area contributed by atoms with Crippen molar-refractivity contribution in [3.05, 3.63) is 94.8 Å². The highest BCUT2D eigenvalue weighted by Gasteiger charge is 2.28. The van der Waals surface area contributed by atoms with Crippen LogP contribution in [0.4, 0.5) is 15.8 Å². The van der Waals surface area contributed by atoms with Gasteiger partial charge in [0.15, 0.2) is 0 Å². The van der Waals surface area contributed by atoms with Gasteiger partial charge in [-0.25, -0.2) is 17.6 Å². The van der Waals surface area contributed by atoms with Gasteiger partial charge in [-0.1, -0.05) is 30.3 Å². The second-order valence-electron chi connectivity index (χ2n) is 7.40. The van der Waals surface area contributed by atoms with Crippen LogP contribution in [0.2, 0.25) is 0 Å². The predicted molar refractivity (Wildman–Crippen MR) is 118 cm³/mol. The van der Waals surface area contributed by atoms with Crippen molar-refractivity contribution in [2.75, 3.05) is 16.3 Å². The summed E-state index contributed by atoms with van der Waals surface area (Å²) in [5.74, 6) is -1.71. The zero-order valence-electron chi connectivity index (χ0n) is 17.0. The molecule has 3 aromatic rings. The molecule has 32 heavy (non-hydrogen) atoms. The number of anilines is 2. The molecule has 0 aliphatic carbocycles. The first-order valence-corrected chi connectivity index (χ1v) is 11.6. The monoisotopic (exact) mass is 454 g/mol. The molecule has 0 radical (unpaired) electrons. The number of esters is 1. The van der Waals surface area contributed by atoms with Crippen LogP contribution in [0.25, 0.3) is 0 Å². The fourth-order valence-corrected chi connectivity index (χ4v) is 4.03. The van der Waals surface area contributed by atoms with Crippen LogP contribution in [0.5, 0.6) is 0 Å². The fourth-order valence-electron chi connectivity index (χ4n) is 3.47. The second-order valence-corrected chi connectivity index (χ2v) is 9.15. The largest absolute Gasteiger partial charge is 0.454 e. The lowest BCUT2D eigenvalue weighted by molar-refractivity contribution is 0.0252. The number of hydrogen-bond donors (Lipinski definition) is 2. The van der Waals surface area contributed by atoms with Gasteiger partial charge in [-0.15, -0.1) is 0 Å². The van der Waals surface area contributed by atoms with Crippen molar-refractivity contribution in [3.8, 4) is 0 Å². The van der Waals surface area contributed by atoms with E-state index in [4.69, 9.17) is 4.74 Å². The molecule has 9 heteroatoms. The summed E-state index contributed by atoms with van der Waals surface area (Å²) in [5.41, 5.74) is 2.17. The van der Waals surface area contributed by atoms with E-state index in [9.17, 15) is 22.4 Å². The van der Waals surface area contributed by atoms with E-state index in [2.05, 4.69) is 10.0 Å².